The van der Waals surface area contributed by atoms with Gasteiger partial charge in [0.1, 0.15) is 0 Å². The fourth-order valence-electron chi connectivity index (χ4n) is 2.00. The van der Waals surface area contributed by atoms with Crippen molar-refractivity contribution in [1.82, 2.24) is 10.2 Å². The Bertz CT molecular complexity index is 277. The normalized spacial score (nSPS) is 12.2. The third-order valence-corrected chi connectivity index (χ3v) is 3.81. The predicted molar refractivity (Wildman–Crippen MR) is 109 cm³/mol. The molecule has 0 bridgehead atoms. The van der Waals surface area contributed by atoms with E-state index in [1.54, 1.807) is 0 Å². The Labute approximate surface area is 165 Å². The summed E-state index contributed by atoms with van der Waals surface area (Å²) < 4.78 is 0. The van der Waals surface area contributed by atoms with E-state index < -0.39 is 6.09 Å². The Kier molecular flexibility index (Phi) is 27.9. The van der Waals surface area contributed by atoms with Crippen LogP contribution in [-0.2, 0) is 0 Å². The van der Waals surface area contributed by atoms with Crippen molar-refractivity contribution in [2.75, 3.05) is 26.2 Å². The molecule has 0 saturated heterocycles. The summed E-state index contributed by atoms with van der Waals surface area (Å²) in [7, 11) is 0. The number of carboxylic acid groups (broad SMARTS) is 1. The first-order valence-electron chi connectivity index (χ1n) is 8.20. The van der Waals surface area contributed by atoms with Crippen molar-refractivity contribution in [3.05, 3.63) is 0 Å². The van der Waals surface area contributed by atoms with E-state index in [0.717, 1.165) is 51.6 Å². The van der Waals surface area contributed by atoms with Crippen LogP contribution in [0.15, 0.2) is 0 Å². The maximum atomic E-state index is 11.1. The summed E-state index contributed by atoms with van der Waals surface area (Å²) in [6.07, 6.45) is 4.63. The molecule has 150 valence electrons. The standard InChI is InChI=1S/C15H34N4O2.3ClH/c1-3-13(16)7-10-18-9-5-6-11-19(15(20)21)12-8-14(17)4-2;;;/h13-14,18H,3-12,16-17H2,1-2H3,(H,20,21);3*1H. The Morgan fingerprint density at radius 1 is 0.958 bits per heavy atom. The van der Waals surface area contributed by atoms with Crippen LogP contribution in [0.1, 0.15) is 52.4 Å². The average Bonchev–Trinajstić information content (AvgIpc) is 2.47. The lowest BCUT2D eigenvalue weighted by molar-refractivity contribution is 0.142. The topological polar surface area (TPSA) is 105 Å². The smallest absolute Gasteiger partial charge is 0.407 e. The van der Waals surface area contributed by atoms with Gasteiger partial charge in [-0.2, -0.15) is 0 Å². The summed E-state index contributed by atoms with van der Waals surface area (Å²) in [4.78, 5) is 12.6. The van der Waals surface area contributed by atoms with Gasteiger partial charge in [-0.3, -0.25) is 0 Å². The average molecular weight is 412 g/mol. The molecular formula is C15H37Cl3N4O2. The van der Waals surface area contributed by atoms with Crippen LogP contribution in [0, 0.1) is 0 Å². The number of halogens is 3. The molecule has 0 rings (SSSR count). The highest BCUT2D eigenvalue weighted by atomic mass is 35.5. The van der Waals surface area contributed by atoms with Crippen LogP contribution in [0.5, 0.6) is 0 Å². The molecule has 0 aliphatic heterocycles. The van der Waals surface area contributed by atoms with Gasteiger partial charge in [0.2, 0.25) is 0 Å². The molecule has 9 heteroatoms. The zero-order valence-electron chi connectivity index (χ0n) is 14.9. The fourth-order valence-corrected chi connectivity index (χ4v) is 2.00. The molecule has 1 amide bonds. The summed E-state index contributed by atoms with van der Waals surface area (Å²) in [6, 6.07) is 0.374. The molecule has 24 heavy (non-hydrogen) atoms. The Hall–Kier alpha value is 0.0200. The van der Waals surface area contributed by atoms with Crippen LogP contribution in [0.2, 0.25) is 0 Å². The lowest BCUT2D eigenvalue weighted by Gasteiger charge is -2.20. The van der Waals surface area contributed by atoms with Crippen LogP contribution < -0.4 is 16.8 Å². The number of nitrogens with zero attached hydrogens (tertiary/aromatic N) is 1. The number of rotatable bonds is 13. The van der Waals surface area contributed by atoms with E-state index in [1.807, 2.05) is 6.92 Å². The van der Waals surface area contributed by atoms with Crippen molar-refractivity contribution in [2.45, 2.75) is 64.5 Å². The van der Waals surface area contributed by atoms with Crippen molar-refractivity contribution >= 4 is 43.3 Å². The summed E-state index contributed by atoms with van der Waals surface area (Å²) in [5, 5.41) is 12.5. The minimum absolute atomic E-state index is 0. The van der Waals surface area contributed by atoms with Gasteiger partial charge in [0.05, 0.1) is 0 Å². The molecule has 0 spiro atoms. The second kappa shape index (κ2) is 21.1. The van der Waals surface area contributed by atoms with Gasteiger partial charge in [-0.1, -0.05) is 13.8 Å². The lowest BCUT2D eigenvalue weighted by atomic mass is 10.1. The van der Waals surface area contributed by atoms with Gasteiger partial charge in [-0.05, 0) is 51.6 Å². The van der Waals surface area contributed by atoms with Gasteiger partial charge in [0.15, 0.2) is 0 Å². The van der Waals surface area contributed by atoms with Gasteiger partial charge >= 0.3 is 6.09 Å². The second-order valence-corrected chi connectivity index (χ2v) is 5.64. The molecule has 0 aliphatic carbocycles. The molecule has 0 fully saturated rings. The Morgan fingerprint density at radius 2 is 1.50 bits per heavy atom. The Morgan fingerprint density at radius 3 is 2.00 bits per heavy atom. The van der Waals surface area contributed by atoms with Crippen molar-refractivity contribution < 1.29 is 9.90 Å². The van der Waals surface area contributed by atoms with Crippen molar-refractivity contribution in [1.29, 1.82) is 0 Å². The number of nitrogens with two attached hydrogens (primary N) is 2. The number of nitrogens with one attached hydrogen (secondary N) is 1. The van der Waals surface area contributed by atoms with E-state index in [2.05, 4.69) is 12.2 Å². The molecule has 0 aromatic rings. The zero-order valence-corrected chi connectivity index (χ0v) is 17.4. The van der Waals surface area contributed by atoms with Gasteiger partial charge in [0.25, 0.3) is 0 Å². The SMILES string of the molecule is CCC(N)CCNCCCCN(CCC(N)CC)C(=O)O.Cl.Cl.Cl. The number of unbranched alkanes of at least 4 members (excludes halogenated alkanes) is 1. The van der Waals surface area contributed by atoms with Crippen LogP contribution in [-0.4, -0.2) is 54.4 Å². The predicted octanol–water partition coefficient (Wildman–Crippen LogP) is 2.86. The maximum Gasteiger partial charge on any atom is 0.407 e. The molecule has 0 aromatic carbocycles. The Balaban J connectivity index is -0.000000667. The number of amides is 1. The van der Waals surface area contributed by atoms with Gasteiger partial charge < -0.3 is 26.8 Å². The molecule has 0 aliphatic rings. The number of hydrogen-bond donors (Lipinski definition) is 4. The minimum Gasteiger partial charge on any atom is -0.465 e. The number of hydrogen-bond acceptors (Lipinski definition) is 4. The van der Waals surface area contributed by atoms with E-state index in [1.165, 1.54) is 4.90 Å². The van der Waals surface area contributed by atoms with E-state index in [-0.39, 0.29) is 49.3 Å². The quantitative estimate of drug-likeness (QED) is 0.349. The highest BCUT2D eigenvalue weighted by molar-refractivity contribution is 5.86. The van der Waals surface area contributed by atoms with Crippen molar-refractivity contribution in [3.8, 4) is 0 Å². The first kappa shape index (κ1) is 31.8. The highest BCUT2D eigenvalue weighted by Gasteiger charge is 2.12. The molecular weight excluding hydrogens is 375 g/mol. The molecule has 0 radical (unpaired) electrons. The third-order valence-electron chi connectivity index (χ3n) is 3.81. The lowest BCUT2D eigenvalue weighted by Crippen LogP contribution is -2.35. The van der Waals surface area contributed by atoms with Gasteiger partial charge in [0, 0.05) is 25.2 Å². The minimum atomic E-state index is -0.847. The molecule has 0 saturated carbocycles. The summed E-state index contributed by atoms with van der Waals surface area (Å²) in [5.41, 5.74) is 11.7. The molecule has 2 atom stereocenters. The number of carbonyl (C=O) groups is 1. The van der Waals surface area contributed by atoms with Gasteiger partial charge in [-0.25, -0.2) is 4.79 Å². The second-order valence-electron chi connectivity index (χ2n) is 5.64. The maximum absolute atomic E-state index is 11.1. The van der Waals surface area contributed by atoms with Crippen LogP contribution >= 0.6 is 37.2 Å². The molecule has 0 aromatic heterocycles. The van der Waals surface area contributed by atoms with Gasteiger partial charge in [-0.15, -0.1) is 37.2 Å². The summed E-state index contributed by atoms with van der Waals surface area (Å²) >= 11 is 0. The van der Waals surface area contributed by atoms with Crippen LogP contribution in [0.4, 0.5) is 4.79 Å². The fraction of sp³-hybridized carbons (Fsp3) is 0.933. The van der Waals surface area contributed by atoms with E-state index in [4.69, 9.17) is 16.6 Å². The van der Waals surface area contributed by atoms with E-state index in [9.17, 15) is 4.79 Å². The van der Waals surface area contributed by atoms with Crippen LogP contribution in [0.3, 0.4) is 0 Å². The first-order chi connectivity index (χ1) is 10.0. The zero-order chi connectivity index (χ0) is 16.1. The van der Waals surface area contributed by atoms with Crippen molar-refractivity contribution in [2.24, 2.45) is 11.5 Å². The van der Waals surface area contributed by atoms with E-state index in [0.29, 0.717) is 13.1 Å². The largest absolute Gasteiger partial charge is 0.465 e. The molecule has 6 N–H and O–H groups in total. The van der Waals surface area contributed by atoms with Crippen molar-refractivity contribution in [3.63, 3.8) is 0 Å². The molecule has 6 nitrogen and oxygen atoms in total. The molecule has 2 unspecified atom stereocenters. The first-order valence-corrected chi connectivity index (χ1v) is 8.20. The monoisotopic (exact) mass is 410 g/mol. The third kappa shape index (κ3) is 18.4. The highest BCUT2D eigenvalue weighted by Crippen LogP contribution is 2.01. The summed E-state index contributed by atoms with van der Waals surface area (Å²) in [5.74, 6) is 0. The van der Waals surface area contributed by atoms with E-state index >= 15 is 0 Å². The molecule has 0 heterocycles. The summed E-state index contributed by atoms with van der Waals surface area (Å²) in [6.45, 7) is 7.08. The van der Waals surface area contributed by atoms with Crippen LogP contribution in [0.25, 0.3) is 0 Å².